The minimum atomic E-state index is -0.623. The van der Waals surface area contributed by atoms with Gasteiger partial charge in [0.25, 0.3) is 0 Å². The molecule has 1 rings (SSSR count). The normalized spacial score (nSPS) is 14.2. The fraction of sp³-hybridized carbons (Fsp3) is 0.625. The van der Waals surface area contributed by atoms with Crippen molar-refractivity contribution in [2.24, 2.45) is 5.92 Å². The summed E-state index contributed by atoms with van der Waals surface area (Å²) in [7, 11) is 0. The predicted octanol–water partition coefficient (Wildman–Crippen LogP) is 2.38. The van der Waals surface area contributed by atoms with E-state index in [9.17, 15) is 10.2 Å². The van der Waals surface area contributed by atoms with E-state index in [1.165, 1.54) is 0 Å². The first-order valence-corrected chi connectivity index (χ1v) is 7.71. The van der Waals surface area contributed by atoms with Gasteiger partial charge in [-0.3, -0.25) is 0 Å². The van der Waals surface area contributed by atoms with Crippen LogP contribution in [0.4, 0.5) is 0 Å². The number of hydrogen-bond donors (Lipinski definition) is 3. The molecule has 0 bridgehead atoms. The standard InChI is InChI=1S/C16H26ClNO3/c1-11(2)6-13(9-19)18-8-14(20)10-21-15-4-5-16(17)12(3)7-15/h4-5,7,11,13-14,18-20H,6,8-10H2,1-3H3. The maximum Gasteiger partial charge on any atom is 0.119 e. The van der Waals surface area contributed by atoms with Crippen LogP contribution in [-0.2, 0) is 0 Å². The molecule has 2 unspecified atom stereocenters. The fourth-order valence-electron chi connectivity index (χ4n) is 2.05. The van der Waals surface area contributed by atoms with Crippen LogP contribution in [0.25, 0.3) is 0 Å². The lowest BCUT2D eigenvalue weighted by atomic mass is 10.0. The number of rotatable bonds is 9. The van der Waals surface area contributed by atoms with Crippen molar-refractivity contribution in [2.45, 2.75) is 39.3 Å². The number of hydrogen-bond acceptors (Lipinski definition) is 4. The molecule has 0 aromatic heterocycles. The molecule has 0 saturated carbocycles. The SMILES string of the molecule is Cc1cc(OCC(O)CNC(CO)CC(C)C)ccc1Cl. The first-order chi connectivity index (χ1) is 9.92. The third-order valence-corrected chi connectivity index (χ3v) is 3.61. The summed E-state index contributed by atoms with van der Waals surface area (Å²) in [5.41, 5.74) is 0.944. The Kier molecular flexibility index (Phi) is 8.04. The van der Waals surface area contributed by atoms with Crippen molar-refractivity contribution in [3.63, 3.8) is 0 Å². The second-order valence-corrected chi connectivity index (χ2v) is 6.20. The van der Waals surface area contributed by atoms with E-state index < -0.39 is 6.10 Å². The van der Waals surface area contributed by atoms with Crippen molar-refractivity contribution in [3.05, 3.63) is 28.8 Å². The summed E-state index contributed by atoms with van der Waals surface area (Å²) in [6, 6.07) is 5.42. The Morgan fingerprint density at radius 3 is 2.62 bits per heavy atom. The number of aryl methyl sites for hydroxylation is 1. The van der Waals surface area contributed by atoms with Crippen molar-refractivity contribution in [1.82, 2.24) is 5.32 Å². The van der Waals surface area contributed by atoms with Gasteiger partial charge in [0.15, 0.2) is 0 Å². The van der Waals surface area contributed by atoms with Gasteiger partial charge in [-0.2, -0.15) is 0 Å². The van der Waals surface area contributed by atoms with Crippen LogP contribution in [0.1, 0.15) is 25.8 Å². The molecule has 21 heavy (non-hydrogen) atoms. The van der Waals surface area contributed by atoms with Gasteiger partial charge in [0.1, 0.15) is 18.5 Å². The van der Waals surface area contributed by atoms with Gasteiger partial charge in [0.2, 0.25) is 0 Å². The topological polar surface area (TPSA) is 61.7 Å². The minimum Gasteiger partial charge on any atom is -0.491 e. The van der Waals surface area contributed by atoms with Gasteiger partial charge in [0.05, 0.1) is 6.61 Å². The molecule has 5 heteroatoms. The van der Waals surface area contributed by atoms with Crippen LogP contribution in [-0.4, -0.2) is 42.1 Å². The number of aliphatic hydroxyl groups is 2. The average molecular weight is 316 g/mol. The van der Waals surface area contributed by atoms with Crippen LogP contribution in [0.5, 0.6) is 5.75 Å². The van der Waals surface area contributed by atoms with Crippen molar-refractivity contribution in [3.8, 4) is 5.75 Å². The largest absolute Gasteiger partial charge is 0.491 e. The average Bonchev–Trinajstić information content (AvgIpc) is 2.44. The molecule has 0 fully saturated rings. The molecule has 1 aromatic rings. The number of aliphatic hydroxyl groups excluding tert-OH is 2. The van der Waals surface area contributed by atoms with Crippen LogP contribution < -0.4 is 10.1 Å². The molecule has 0 radical (unpaired) electrons. The van der Waals surface area contributed by atoms with Gasteiger partial charge >= 0.3 is 0 Å². The zero-order chi connectivity index (χ0) is 15.8. The summed E-state index contributed by atoms with van der Waals surface area (Å²) in [5.74, 6) is 1.19. The van der Waals surface area contributed by atoms with Gasteiger partial charge < -0.3 is 20.3 Å². The second-order valence-electron chi connectivity index (χ2n) is 5.79. The lowest BCUT2D eigenvalue weighted by molar-refractivity contribution is 0.0981. The molecule has 3 N–H and O–H groups in total. The molecular weight excluding hydrogens is 290 g/mol. The highest BCUT2D eigenvalue weighted by Gasteiger charge is 2.12. The zero-order valence-corrected chi connectivity index (χ0v) is 13.7. The second kappa shape index (κ2) is 9.26. The van der Waals surface area contributed by atoms with E-state index in [0.717, 1.165) is 12.0 Å². The Bertz CT molecular complexity index is 426. The molecule has 0 amide bonds. The van der Waals surface area contributed by atoms with Crippen molar-refractivity contribution >= 4 is 11.6 Å². The summed E-state index contributed by atoms with van der Waals surface area (Å²) in [6.45, 7) is 6.78. The van der Waals surface area contributed by atoms with Crippen molar-refractivity contribution in [1.29, 1.82) is 0 Å². The lowest BCUT2D eigenvalue weighted by Crippen LogP contribution is -2.40. The molecule has 2 atom stereocenters. The Morgan fingerprint density at radius 1 is 1.33 bits per heavy atom. The molecule has 0 aliphatic rings. The van der Waals surface area contributed by atoms with Gasteiger partial charge in [-0.15, -0.1) is 0 Å². The van der Waals surface area contributed by atoms with E-state index in [-0.39, 0.29) is 19.3 Å². The van der Waals surface area contributed by atoms with Crippen LogP contribution in [0.3, 0.4) is 0 Å². The summed E-state index contributed by atoms with van der Waals surface area (Å²) in [4.78, 5) is 0. The van der Waals surface area contributed by atoms with E-state index in [1.807, 2.05) is 13.0 Å². The van der Waals surface area contributed by atoms with E-state index >= 15 is 0 Å². The van der Waals surface area contributed by atoms with Crippen molar-refractivity contribution in [2.75, 3.05) is 19.8 Å². The first-order valence-electron chi connectivity index (χ1n) is 7.33. The highest BCUT2D eigenvalue weighted by Crippen LogP contribution is 2.21. The Hall–Kier alpha value is -0.810. The van der Waals surface area contributed by atoms with Crippen LogP contribution in [0.2, 0.25) is 5.02 Å². The smallest absolute Gasteiger partial charge is 0.119 e. The fourth-order valence-corrected chi connectivity index (χ4v) is 2.17. The van der Waals surface area contributed by atoms with E-state index in [1.54, 1.807) is 12.1 Å². The van der Waals surface area contributed by atoms with Crippen LogP contribution >= 0.6 is 11.6 Å². The van der Waals surface area contributed by atoms with Crippen molar-refractivity contribution < 1.29 is 14.9 Å². The highest BCUT2D eigenvalue weighted by molar-refractivity contribution is 6.31. The molecule has 0 saturated heterocycles. The number of ether oxygens (including phenoxy) is 1. The quantitative estimate of drug-likeness (QED) is 0.655. The van der Waals surface area contributed by atoms with E-state index in [4.69, 9.17) is 16.3 Å². The predicted molar refractivity (Wildman–Crippen MR) is 86.0 cm³/mol. The molecule has 0 aliphatic heterocycles. The van der Waals surface area contributed by atoms with Gasteiger partial charge in [0, 0.05) is 17.6 Å². The third-order valence-electron chi connectivity index (χ3n) is 3.19. The first kappa shape index (κ1) is 18.2. The van der Waals surface area contributed by atoms with Crippen LogP contribution in [0.15, 0.2) is 18.2 Å². The Morgan fingerprint density at radius 2 is 2.05 bits per heavy atom. The summed E-state index contributed by atoms with van der Waals surface area (Å²) in [5, 5.41) is 23.0. The number of halogens is 1. The number of nitrogens with one attached hydrogen (secondary N) is 1. The molecule has 0 heterocycles. The third kappa shape index (κ3) is 7.14. The van der Waals surface area contributed by atoms with Gasteiger partial charge in [-0.05, 0) is 43.0 Å². The Balaban J connectivity index is 2.33. The van der Waals surface area contributed by atoms with Gasteiger partial charge in [-0.1, -0.05) is 25.4 Å². The highest BCUT2D eigenvalue weighted by atomic mass is 35.5. The molecule has 120 valence electrons. The van der Waals surface area contributed by atoms with E-state index in [0.29, 0.717) is 23.2 Å². The zero-order valence-electron chi connectivity index (χ0n) is 13.0. The number of benzene rings is 1. The lowest BCUT2D eigenvalue weighted by Gasteiger charge is -2.20. The molecule has 0 aliphatic carbocycles. The Labute approximate surface area is 132 Å². The maximum atomic E-state index is 9.92. The monoisotopic (exact) mass is 315 g/mol. The van der Waals surface area contributed by atoms with Gasteiger partial charge in [-0.25, -0.2) is 0 Å². The summed E-state index contributed by atoms with van der Waals surface area (Å²) < 4.78 is 5.54. The summed E-state index contributed by atoms with van der Waals surface area (Å²) in [6.07, 6.45) is 0.252. The molecular formula is C16H26ClNO3. The molecule has 4 nitrogen and oxygen atoms in total. The van der Waals surface area contributed by atoms with Crippen LogP contribution in [0, 0.1) is 12.8 Å². The minimum absolute atomic E-state index is 0.0115. The maximum absolute atomic E-state index is 9.92. The summed E-state index contributed by atoms with van der Waals surface area (Å²) >= 11 is 5.95. The van der Waals surface area contributed by atoms with E-state index in [2.05, 4.69) is 19.2 Å². The molecule has 0 spiro atoms. The molecule has 1 aromatic carbocycles.